The van der Waals surface area contributed by atoms with Crippen molar-refractivity contribution in [2.45, 2.75) is 0 Å². The molecule has 5 rings (SSSR count). The molecule has 4 N–H and O–H groups in total. The van der Waals surface area contributed by atoms with E-state index in [9.17, 15) is 9.59 Å². The van der Waals surface area contributed by atoms with Crippen LogP contribution in [0.5, 0.6) is 0 Å². The Morgan fingerprint density at radius 1 is 0.951 bits per heavy atom. The number of para-hydroxylation sites is 1. The highest BCUT2D eigenvalue weighted by atomic mass is 35.5. The monoisotopic (exact) mass is 565 g/mol. The zero-order valence-corrected chi connectivity index (χ0v) is 23.2. The Hall–Kier alpha value is -4.99. The highest BCUT2D eigenvalue weighted by Gasteiger charge is 2.13. The molecule has 9 nitrogen and oxygen atoms in total. The second kappa shape index (κ2) is 12.5. The predicted octanol–water partition coefficient (Wildman–Crippen LogP) is 6.33. The Balaban J connectivity index is 1.23. The van der Waals surface area contributed by atoms with E-state index in [1.165, 1.54) is 6.08 Å². The standard InChI is InChI=1S/C31H28ClN7O2/c1-39(2)16-6-11-28(40)35-23-8-5-7-20(17-23)30(41)36-21-12-14-22(15-13-21)37-31-34-19-26(32)29(38-31)25-18-33-27-10-4-3-9-24(25)27/h3-15,17-19,33H,16H2,1-2H3,(H,35,40)(H,36,41)(H,34,37,38)/b11-6+. The van der Waals surface area contributed by atoms with Gasteiger partial charge >= 0.3 is 0 Å². The highest BCUT2D eigenvalue weighted by molar-refractivity contribution is 6.33. The van der Waals surface area contributed by atoms with E-state index in [1.54, 1.807) is 48.7 Å². The van der Waals surface area contributed by atoms with E-state index >= 15 is 0 Å². The summed E-state index contributed by atoms with van der Waals surface area (Å²) in [4.78, 5) is 39.1. The van der Waals surface area contributed by atoms with Crippen LogP contribution in [0.2, 0.25) is 5.02 Å². The number of amides is 2. The van der Waals surface area contributed by atoms with Gasteiger partial charge < -0.3 is 25.8 Å². The Labute approximate surface area is 242 Å². The molecule has 0 aliphatic rings. The van der Waals surface area contributed by atoms with E-state index in [2.05, 4.69) is 30.9 Å². The van der Waals surface area contributed by atoms with Crippen molar-refractivity contribution in [3.63, 3.8) is 0 Å². The summed E-state index contributed by atoms with van der Waals surface area (Å²) < 4.78 is 0. The third-order valence-corrected chi connectivity index (χ3v) is 6.40. The molecule has 0 saturated carbocycles. The van der Waals surface area contributed by atoms with Crippen LogP contribution in [0.4, 0.5) is 23.0 Å². The second-order valence-corrected chi connectivity index (χ2v) is 9.94. The Bertz CT molecular complexity index is 1730. The molecule has 0 spiro atoms. The minimum absolute atomic E-state index is 0.259. The molecule has 0 unspecified atom stereocenters. The molecule has 0 fully saturated rings. The van der Waals surface area contributed by atoms with Crippen molar-refractivity contribution in [1.29, 1.82) is 0 Å². The molecule has 0 bridgehead atoms. The van der Waals surface area contributed by atoms with Crippen molar-refractivity contribution in [2.24, 2.45) is 0 Å². The molecule has 2 heterocycles. The molecule has 0 radical (unpaired) electrons. The molecule has 3 aromatic carbocycles. The van der Waals surface area contributed by atoms with Crippen LogP contribution in [-0.2, 0) is 4.79 Å². The van der Waals surface area contributed by atoms with E-state index < -0.39 is 0 Å². The topological polar surface area (TPSA) is 115 Å². The maximum Gasteiger partial charge on any atom is 0.255 e. The lowest BCUT2D eigenvalue weighted by Gasteiger charge is -2.10. The number of carbonyl (C=O) groups is 2. The highest BCUT2D eigenvalue weighted by Crippen LogP contribution is 2.32. The van der Waals surface area contributed by atoms with Crippen LogP contribution in [0.15, 0.2) is 97.3 Å². The number of benzene rings is 3. The molecule has 0 aliphatic heterocycles. The van der Waals surface area contributed by atoms with E-state index in [0.717, 1.165) is 22.2 Å². The van der Waals surface area contributed by atoms with Gasteiger partial charge in [-0.1, -0.05) is 41.9 Å². The lowest BCUT2D eigenvalue weighted by molar-refractivity contribution is -0.111. The number of anilines is 4. The fourth-order valence-electron chi connectivity index (χ4n) is 4.15. The summed E-state index contributed by atoms with van der Waals surface area (Å²) in [5.74, 6) is -0.165. The summed E-state index contributed by atoms with van der Waals surface area (Å²) in [6.07, 6.45) is 6.69. The average molecular weight is 566 g/mol. The van der Waals surface area contributed by atoms with Crippen LogP contribution in [0, 0.1) is 0 Å². The smallest absolute Gasteiger partial charge is 0.255 e. The first-order valence-electron chi connectivity index (χ1n) is 12.9. The van der Waals surface area contributed by atoms with Crippen molar-refractivity contribution in [3.05, 3.63) is 108 Å². The first kappa shape index (κ1) is 27.6. The summed E-state index contributed by atoms with van der Waals surface area (Å²) in [5.41, 5.74) is 4.80. The summed E-state index contributed by atoms with van der Waals surface area (Å²) in [7, 11) is 3.84. The van der Waals surface area contributed by atoms with E-state index in [4.69, 9.17) is 11.6 Å². The van der Waals surface area contributed by atoms with Gasteiger partial charge in [-0.25, -0.2) is 9.97 Å². The van der Waals surface area contributed by atoms with Crippen molar-refractivity contribution in [1.82, 2.24) is 19.9 Å². The van der Waals surface area contributed by atoms with Crippen LogP contribution in [-0.4, -0.2) is 52.3 Å². The molecule has 2 amide bonds. The molecule has 41 heavy (non-hydrogen) atoms. The second-order valence-electron chi connectivity index (χ2n) is 9.53. The van der Waals surface area contributed by atoms with E-state index in [-0.39, 0.29) is 11.8 Å². The van der Waals surface area contributed by atoms with Crippen LogP contribution in [0.3, 0.4) is 0 Å². The summed E-state index contributed by atoms with van der Waals surface area (Å²) in [5, 5.41) is 10.3. The number of likely N-dealkylation sites (N-methyl/N-ethyl adjacent to an activating group) is 1. The summed E-state index contributed by atoms with van der Waals surface area (Å²) >= 11 is 6.44. The minimum Gasteiger partial charge on any atom is -0.360 e. The third-order valence-electron chi connectivity index (χ3n) is 6.12. The van der Waals surface area contributed by atoms with Crippen LogP contribution < -0.4 is 16.0 Å². The zero-order valence-electron chi connectivity index (χ0n) is 22.5. The maximum absolute atomic E-state index is 12.9. The molecule has 0 aliphatic carbocycles. The van der Waals surface area contributed by atoms with Gasteiger partial charge in [-0.15, -0.1) is 0 Å². The van der Waals surface area contributed by atoms with Gasteiger partial charge in [-0.3, -0.25) is 9.59 Å². The Morgan fingerprint density at radius 3 is 2.54 bits per heavy atom. The molecule has 10 heteroatoms. The zero-order chi connectivity index (χ0) is 28.8. The first-order chi connectivity index (χ1) is 19.9. The van der Waals surface area contributed by atoms with Crippen molar-refractivity contribution >= 4 is 57.3 Å². The van der Waals surface area contributed by atoms with Crippen molar-refractivity contribution in [2.75, 3.05) is 36.6 Å². The number of nitrogens with zero attached hydrogens (tertiary/aromatic N) is 3. The number of nitrogens with one attached hydrogen (secondary N) is 4. The molecule has 2 aromatic heterocycles. The first-order valence-corrected chi connectivity index (χ1v) is 13.2. The fraction of sp³-hybridized carbons (Fsp3) is 0.0968. The fourth-order valence-corrected chi connectivity index (χ4v) is 4.34. The van der Waals surface area contributed by atoms with Gasteiger partial charge in [0.25, 0.3) is 5.91 Å². The number of hydrogen-bond acceptors (Lipinski definition) is 6. The number of hydrogen-bond donors (Lipinski definition) is 4. The maximum atomic E-state index is 12.9. The van der Waals surface area contributed by atoms with Gasteiger partial charge in [0.15, 0.2) is 0 Å². The molecular weight excluding hydrogens is 538 g/mol. The molecule has 5 aromatic rings. The largest absolute Gasteiger partial charge is 0.360 e. The van der Waals surface area contributed by atoms with Crippen molar-refractivity contribution in [3.8, 4) is 11.3 Å². The molecular formula is C31H28ClN7O2. The number of aromatic nitrogens is 3. The number of fused-ring (bicyclic) bond motifs is 1. The number of H-pyrrole nitrogens is 1. The van der Waals surface area contributed by atoms with Gasteiger partial charge in [0, 0.05) is 57.9 Å². The lowest BCUT2D eigenvalue weighted by atomic mass is 10.1. The molecule has 0 atom stereocenters. The van der Waals surface area contributed by atoms with Gasteiger partial charge in [-0.2, -0.15) is 0 Å². The van der Waals surface area contributed by atoms with Crippen LogP contribution in [0.1, 0.15) is 10.4 Å². The van der Waals surface area contributed by atoms with Crippen LogP contribution >= 0.6 is 11.6 Å². The van der Waals surface area contributed by atoms with Gasteiger partial charge in [-0.05, 0) is 62.6 Å². The number of halogens is 1. The minimum atomic E-state index is -0.297. The number of rotatable bonds is 9. The lowest BCUT2D eigenvalue weighted by Crippen LogP contribution is -2.14. The predicted molar refractivity (Wildman–Crippen MR) is 165 cm³/mol. The summed E-state index contributed by atoms with van der Waals surface area (Å²) in [6.45, 7) is 0.656. The van der Waals surface area contributed by atoms with Crippen LogP contribution in [0.25, 0.3) is 22.2 Å². The van der Waals surface area contributed by atoms with E-state index in [0.29, 0.717) is 40.1 Å². The van der Waals surface area contributed by atoms with E-state index in [1.807, 2.05) is 61.6 Å². The number of aromatic amines is 1. The SMILES string of the molecule is CN(C)C/C=C/C(=O)Nc1cccc(C(=O)Nc2ccc(Nc3ncc(Cl)c(-c4c[nH]c5ccccc45)n3)cc2)c1. The normalized spacial score (nSPS) is 11.2. The Kier molecular flexibility index (Phi) is 8.38. The summed E-state index contributed by atoms with van der Waals surface area (Å²) in [6, 6.07) is 21.9. The quantitative estimate of drug-likeness (QED) is 0.155. The molecule has 206 valence electrons. The Morgan fingerprint density at radius 2 is 1.73 bits per heavy atom. The average Bonchev–Trinajstić information content (AvgIpc) is 3.39. The molecule has 0 saturated heterocycles. The van der Waals surface area contributed by atoms with Gasteiger partial charge in [0.1, 0.15) is 0 Å². The van der Waals surface area contributed by atoms with Crippen molar-refractivity contribution < 1.29 is 9.59 Å². The third kappa shape index (κ3) is 6.96. The number of carbonyl (C=O) groups excluding carboxylic acids is 2. The van der Waals surface area contributed by atoms with Gasteiger partial charge in [0.05, 0.1) is 16.9 Å². The van der Waals surface area contributed by atoms with Gasteiger partial charge in [0.2, 0.25) is 11.9 Å².